The molecule has 0 radical (unpaired) electrons. The highest BCUT2D eigenvalue weighted by Crippen LogP contribution is 2.33. The summed E-state index contributed by atoms with van der Waals surface area (Å²) in [6, 6.07) is 11.8. The molecule has 6 rings (SSSR count). The van der Waals surface area contributed by atoms with Crippen LogP contribution in [0.15, 0.2) is 73.6 Å². The van der Waals surface area contributed by atoms with E-state index in [1.54, 1.807) is 25.7 Å². The van der Waals surface area contributed by atoms with Gasteiger partial charge in [-0.05, 0) is 30.3 Å². The van der Waals surface area contributed by atoms with Gasteiger partial charge in [0.1, 0.15) is 17.0 Å². The van der Waals surface area contributed by atoms with Crippen molar-refractivity contribution in [1.29, 1.82) is 0 Å². The second-order valence-electron chi connectivity index (χ2n) is 7.35. The highest BCUT2D eigenvalue weighted by atomic mass is 16.5. The van der Waals surface area contributed by atoms with E-state index in [2.05, 4.69) is 36.2 Å². The van der Waals surface area contributed by atoms with Crippen LogP contribution in [-0.4, -0.2) is 42.2 Å². The average molecular weight is 419 g/mol. The van der Waals surface area contributed by atoms with Crippen molar-refractivity contribution in [2.24, 2.45) is 0 Å². The van der Waals surface area contributed by atoms with Gasteiger partial charge in [-0.25, -0.2) is 4.98 Å². The zero-order valence-corrected chi connectivity index (χ0v) is 17.1. The predicted octanol–water partition coefficient (Wildman–Crippen LogP) is 4.63. The molecule has 0 amide bonds. The number of hydrogen-bond acceptors (Lipinski definition) is 6. The summed E-state index contributed by atoms with van der Waals surface area (Å²) in [6.07, 6.45) is 10.7. The second-order valence-corrected chi connectivity index (χ2v) is 7.35. The number of aromatic nitrogens is 7. The number of methoxy groups -OCH3 is 1. The molecule has 8 heteroatoms. The highest BCUT2D eigenvalue weighted by molar-refractivity contribution is 5.99. The Morgan fingerprint density at radius 1 is 0.844 bits per heavy atom. The lowest BCUT2D eigenvalue weighted by Gasteiger charge is -2.04. The maximum absolute atomic E-state index is 5.30. The van der Waals surface area contributed by atoms with Crippen LogP contribution in [0.3, 0.4) is 0 Å². The zero-order chi connectivity index (χ0) is 21.5. The Balaban J connectivity index is 1.50. The van der Waals surface area contributed by atoms with Crippen molar-refractivity contribution in [2.45, 2.75) is 0 Å². The van der Waals surface area contributed by atoms with Crippen molar-refractivity contribution in [3.8, 4) is 39.5 Å². The minimum atomic E-state index is 0.683. The van der Waals surface area contributed by atoms with Crippen molar-refractivity contribution < 1.29 is 4.74 Å². The number of H-pyrrole nitrogens is 2. The Hall–Kier alpha value is -4.59. The van der Waals surface area contributed by atoms with Crippen LogP contribution in [0.5, 0.6) is 5.75 Å². The molecule has 0 aliphatic rings. The molecule has 6 aromatic rings. The Labute approximate surface area is 182 Å². The maximum Gasteiger partial charge on any atom is 0.137 e. The lowest BCUT2D eigenvalue weighted by molar-refractivity contribution is 0.413. The monoisotopic (exact) mass is 419 g/mol. The molecule has 154 valence electrons. The van der Waals surface area contributed by atoms with E-state index in [0.29, 0.717) is 5.75 Å². The van der Waals surface area contributed by atoms with Gasteiger partial charge in [-0.2, -0.15) is 5.10 Å². The summed E-state index contributed by atoms with van der Waals surface area (Å²) in [7, 11) is 1.62. The van der Waals surface area contributed by atoms with E-state index in [1.165, 1.54) is 0 Å². The van der Waals surface area contributed by atoms with Crippen molar-refractivity contribution in [2.75, 3.05) is 7.11 Å². The van der Waals surface area contributed by atoms with Crippen molar-refractivity contribution >= 4 is 21.9 Å². The predicted molar refractivity (Wildman–Crippen MR) is 122 cm³/mol. The van der Waals surface area contributed by atoms with Crippen LogP contribution in [0.2, 0.25) is 0 Å². The standard InChI is InChI=1S/C24H17N7O/c1-32-16-7-15(10-26-11-16)19-4-5-20-23(29-19)24(31-30-20)21-8-17-18(12-27-13-22(17)28-21)14-3-2-6-25-9-14/h2-13,28H,1H3,(H,30,31). The topological polar surface area (TPSA) is 105 Å². The summed E-state index contributed by atoms with van der Waals surface area (Å²) in [5.74, 6) is 0.683. The smallest absolute Gasteiger partial charge is 0.137 e. The molecule has 2 N–H and O–H groups in total. The molecule has 32 heavy (non-hydrogen) atoms. The van der Waals surface area contributed by atoms with Crippen LogP contribution in [0.25, 0.3) is 55.7 Å². The molecule has 0 fully saturated rings. The molecule has 8 nitrogen and oxygen atoms in total. The van der Waals surface area contributed by atoms with Gasteiger partial charge in [-0.3, -0.25) is 20.1 Å². The van der Waals surface area contributed by atoms with Crippen LogP contribution in [-0.2, 0) is 0 Å². The third-order valence-electron chi connectivity index (χ3n) is 5.43. The molecular formula is C24H17N7O. The average Bonchev–Trinajstić information content (AvgIpc) is 3.48. The fourth-order valence-electron chi connectivity index (χ4n) is 3.85. The van der Waals surface area contributed by atoms with Crippen LogP contribution < -0.4 is 4.74 Å². The number of nitrogens with zero attached hydrogens (tertiary/aromatic N) is 5. The fraction of sp³-hybridized carbons (Fsp3) is 0.0417. The molecular weight excluding hydrogens is 402 g/mol. The number of ether oxygens (including phenoxy) is 1. The molecule has 0 saturated heterocycles. The summed E-state index contributed by atoms with van der Waals surface area (Å²) in [4.78, 5) is 21.2. The molecule has 6 heterocycles. The Kier molecular flexibility index (Phi) is 4.14. The van der Waals surface area contributed by atoms with E-state index >= 15 is 0 Å². The van der Waals surface area contributed by atoms with Crippen molar-refractivity contribution in [3.63, 3.8) is 0 Å². The first-order valence-electron chi connectivity index (χ1n) is 10.0. The summed E-state index contributed by atoms with van der Waals surface area (Å²) in [5, 5.41) is 8.67. The third-order valence-corrected chi connectivity index (χ3v) is 5.43. The number of fused-ring (bicyclic) bond motifs is 2. The number of hydrogen-bond donors (Lipinski definition) is 2. The summed E-state index contributed by atoms with van der Waals surface area (Å²) >= 11 is 0. The second kappa shape index (κ2) is 7.28. The normalized spacial score (nSPS) is 11.3. The molecule has 0 unspecified atom stereocenters. The van der Waals surface area contributed by atoms with Gasteiger partial charge < -0.3 is 9.72 Å². The van der Waals surface area contributed by atoms with E-state index in [4.69, 9.17) is 9.72 Å². The van der Waals surface area contributed by atoms with E-state index in [9.17, 15) is 0 Å². The molecule has 0 saturated carbocycles. The third kappa shape index (κ3) is 2.97. The first-order valence-corrected chi connectivity index (χ1v) is 10.0. The van der Waals surface area contributed by atoms with Gasteiger partial charge in [0.25, 0.3) is 0 Å². The number of rotatable bonds is 4. The van der Waals surface area contributed by atoms with Gasteiger partial charge in [0.2, 0.25) is 0 Å². The fourth-order valence-corrected chi connectivity index (χ4v) is 3.85. The van der Waals surface area contributed by atoms with Gasteiger partial charge in [-0.15, -0.1) is 0 Å². The minimum absolute atomic E-state index is 0.683. The van der Waals surface area contributed by atoms with Crippen LogP contribution in [0.4, 0.5) is 0 Å². The Morgan fingerprint density at radius 2 is 1.75 bits per heavy atom. The van der Waals surface area contributed by atoms with E-state index < -0.39 is 0 Å². The first-order chi connectivity index (χ1) is 15.8. The van der Waals surface area contributed by atoms with Gasteiger partial charge in [0.15, 0.2) is 0 Å². The minimum Gasteiger partial charge on any atom is -0.495 e. The molecule has 6 aromatic heterocycles. The SMILES string of the molecule is COc1cncc(-c2ccc3[nH]nc(-c4cc5c(-c6cccnc6)cncc5[nH]4)c3n2)c1. The first kappa shape index (κ1) is 18.2. The molecule has 0 bridgehead atoms. The quantitative estimate of drug-likeness (QED) is 0.431. The number of pyridine rings is 4. The van der Waals surface area contributed by atoms with Gasteiger partial charge >= 0.3 is 0 Å². The van der Waals surface area contributed by atoms with E-state index in [0.717, 1.165) is 55.7 Å². The Bertz CT molecular complexity index is 1570. The molecule has 0 aromatic carbocycles. The van der Waals surface area contributed by atoms with Gasteiger partial charge in [-0.1, -0.05) is 6.07 Å². The van der Waals surface area contributed by atoms with E-state index in [1.807, 2.05) is 48.9 Å². The maximum atomic E-state index is 5.30. The Morgan fingerprint density at radius 3 is 2.62 bits per heavy atom. The molecule has 0 aliphatic carbocycles. The van der Waals surface area contributed by atoms with Crippen LogP contribution >= 0.6 is 0 Å². The summed E-state index contributed by atoms with van der Waals surface area (Å²) < 4.78 is 5.30. The summed E-state index contributed by atoms with van der Waals surface area (Å²) in [6.45, 7) is 0. The van der Waals surface area contributed by atoms with Crippen LogP contribution in [0, 0.1) is 0 Å². The summed E-state index contributed by atoms with van der Waals surface area (Å²) in [5.41, 5.74) is 7.83. The van der Waals surface area contributed by atoms with Crippen molar-refractivity contribution in [3.05, 3.63) is 73.6 Å². The number of nitrogens with one attached hydrogen (secondary N) is 2. The molecule has 0 aliphatic heterocycles. The largest absolute Gasteiger partial charge is 0.495 e. The number of aromatic amines is 2. The van der Waals surface area contributed by atoms with Gasteiger partial charge in [0, 0.05) is 46.9 Å². The lowest BCUT2D eigenvalue weighted by atomic mass is 10.1. The highest BCUT2D eigenvalue weighted by Gasteiger charge is 2.16. The molecule has 0 spiro atoms. The van der Waals surface area contributed by atoms with Gasteiger partial charge in [0.05, 0.1) is 41.9 Å². The van der Waals surface area contributed by atoms with Crippen LogP contribution in [0.1, 0.15) is 0 Å². The van der Waals surface area contributed by atoms with Crippen molar-refractivity contribution in [1.82, 2.24) is 35.1 Å². The molecule has 0 atom stereocenters. The zero-order valence-electron chi connectivity index (χ0n) is 17.1. The van der Waals surface area contributed by atoms with E-state index in [-0.39, 0.29) is 0 Å². The lowest BCUT2D eigenvalue weighted by Crippen LogP contribution is -1.89.